The highest BCUT2D eigenvalue weighted by Crippen LogP contribution is 2.19. The van der Waals surface area contributed by atoms with E-state index in [-0.39, 0.29) is 43.4 Å². The lowest BCUT2D eigenvalue weighted by Crippen LogP contribution is -2.56. The Kier molecular flexibility index (Phi) is 15.0. The third-order valence-electron chi connectivity index (χ3n) is 8.84. The molecule has 0 unspecified atom stereocenters. The van der Waals surface area contributed by atoms with Crippen LogP contribution >= 0.6 is 0 Å². The SMILES string of the molecule is CC(C)C[C@H]1C(=O)N[C@@H](Cc2ccccc2)C(=O)NCCCOc2ccccc2C(=O)N[C@H](C(=O)NCCCN2CCOCC2)CC(=O)N1C. The second kappa shape index (κ2) is 19.6. The predicted octanol–water partition coefficient (Wildman–Crippen LogP) is 1.51. The van der Waals surface area contributed by atoms with E-state index in [2.05, 4.69) is 26.2 Å². The monoisotopic (exact) mass is 692 g/mol. The molecule has 0 saturated carbocycles. The van der Waals surface area contributed by atoms with Crippen molar-refractivity contribution < 1.29 is 33.4 Å². The molecule has 13 heteroatoms. The van der Waals surface area contributed by atoms with E-state index in [1.807, 2.05) is 44.2 Å². The molecule has 2 aromatic rings. The summed E-state index contributed by atoms with van der Waals surface area (Å²) in [6, 6.07) is 13.0. The number of benzene rings is 2. The Morgan fingerprint density at radius 3 is 2.40 bits per heavy atom. The van der Waals surface area contributed by atoms with Crippen molar-refractivity contribution >= 4 is 29.5 Å². The van der Waals surface area contributed by atoms with E-state index in [0.29, 0.717) is 44.8 Å². The van der Waals surface area contributed by atoms with Crippen molar-refractivity contribution in [1.29, 1.82) is 0 Å². The minimum Gasteiger partial charge on any atom is -0.493 e. The molecule has 2 heterocycles. The van der Waals surface area contributed by atoms with E-state index in [4.69, 9.17) is 9.47 Å². The highest BCUT2D eigenvalue weighted by molar-refractivity contribution is 6.01. The molecular formula is C37H52N6O7. The Bertz CT molecular complexity index is 1430. The molecule has 0 aliphatic carbocycles. The van der Waals surface area contributed by atoms with Crippen LogP contribution in [-0.2, 0) is 30.3 Å². The van der Waals surface area contributed by atoms with Crippen LogP contribution in [0, 0.1) is 5.92 Å². The Labute approximate surface area is 294 Å². The third-order valence-corrected chi connectivity index (χ3v) is 8.84. The number of fused-ring (bicyclic) bond motifs is 1. The summed E-state index contributed by atoms with van der Waals surface area (Å²) in [6.45, 7) is 8.52. The summed E-state index contributed by atoms with van der Waals surface area (Å²) in [5, 5.41) is 11.5. The van der Waals surface area contributed by atoms with Crippen molar-refractivity contribution in [3.8, 4) is 5.75 Å². The molecule has 3 atom stereocenters. The van der Waals surface area contributed by atoms with Gasteiger partial charge in [0.05, 0.1) is 31.8 Å². The first-order valence-electron chi connectivity index (χ1n) is 17.6. The van der Waals surface area contributed by atoms with Gasteiger partial charge in [0.1, 0.15) is 23.9 Å². The highest BCUT2D eigenvalue weighted by atomic mass is 16.5. The number of para-hydroxylation sites is 1. The van der Waals surface area contributed by atoms with Crippen LogP contribution < -0.4 is 26.0 Å². The van der Waals surface area contributed by atoms with Crippen molar-refractivity contribution in [3.05, 3.63) is 65.7 Å². The zero-order valence-corrected chi connectivity index (χ0v) is 29.5. The fraction of sp³-hybridized carbons (Fsp3) is 0.541. The number of carbonyl (C=O) groups is 5. The van der Waals surface area contributed by atoms with E-state index < -0.39 is 41.8 Å². The number of hydrogen-bond acceptors (Lipinski definition) is 8. The second-order valence-corrected chi connectivity index (χ2v) is 13.2. The molecule has 1 fully saturated rings. The smallest absolute Gasteiger partial charge is 0.255 e. The average Bonchev–Trinajstić information content (AvgIpc) is 3.11. The zero-order valence-electron chi connectivity index (χ0n) is 29.5. The first-order chi connectivity index (χ1) is 24.1. The van der Waals surface area contributed by atoms with Gasteiger partial charge in [-0.25, -0.2) is 0 Å². The molecule has 4 N–H and O–H groups in total. The fourth-order valence-electron chi connectivity index (χ4n) is 5.98. The predicted molar refractivity (Wildman–Crippen MR) is 188 cm³/mol. The zero-order chi connectivity index (χ0) is 35.9. The van der Waals surface area contributed by atoms with Gasteiger partial charge in [0, 0.05) is 39.6 Å². The van der Waals surface area contributed by atoms with Gasteiger partial charge in [-0.15, -0.1) is 0 Å². The van der Waals surface area contributed by atoms with Gasteiger partial charge < -0.3 is 35.6 Å². The second-order valence-electron chi connectivity index (χ2n) is 13.2. The number of ether oxygens (including phenoxy) is 2. The van der Waals surface area contributed by atoms with E-state index in [0.717, 1.165) is 25.2 Å². The molecule has 50 heavy (non-hydrogen) atoms. The number of nitrogens with one attached hydrogen (secondary N) is 4. The van der Waals surface area contributed by atoms with Gasteiger partial charge >= 0.3 is 0 Å². The lowest BCUT2D eigenvalue weighted by molar-refractivity contribution is -0.141. The summed E-state index contributed by atoms with van der Waals surface area (Å²) < 4.78 is 11.3. The van der Waals surface area contributed by atoms with Crippen molar-refractivity contribution in [3.63, 3.8) is 0 Å². The van der Waals surface area contributed by atoms with E-state index in [9.17, 15) is 24.0 Å². The van der Waals surface area contributed by atoms with E-state index in [1.165, 1.54) is 11.9 Å². The maximum Gasteiger partial charge on any atom is 0.255 e. The van der Waals surface area contributed by atoms with Gasteiger partial charge in [-0.05, 0) is 49.4 Å². The topological polar surface area (TPSA) is 158 Å². The van der Waals surface area contributed by atoms with Gasteiger partial charge in [0.2, 0.25) is 23.6 Å². The molecule has 2 aliphatic heterocycles. The van der Waals surface area contributed by atoms with Crippen LogP contribution in [0.4, 0.5) is 0 Å². The van der Waals surface area contributed by atoms with Crippen LogP contribution in [0.1, 0.15) is 55.5 Å². The highest BCUT2D eigenvalue weighted by Gasteiger charge is 2.34. The average molecular weight is 693 g/mol. The summed E-state index contributed by atoms with van der Waals surface area (Å²) in [4.78, 5) is 71.9. The van der Waals surface area contributed by atoms with Crippen LogP contribution in [0.25, 0.3) is 0 Å². The third kappa shape index (κ3) is 11.8. The van der Waals surface area contributed by atoms with Crippen molar-refractivity contribution in [1.82, 2.24) is 31.1 Å². The number of amides is 5. The summed E-state index contributed by atoms with van der Waals surface area (Å²) in [7, 11) is 1.52. The van der Waals surface area contributed by atoms with Gasteiger partial charge in [0.25, 0.3) is 5.91 Å². The molecule has 0 spiro atoms. The quantitative estimate of drug-likeness (QED) is 0.288. The standard InChI is InChI=1S/C37H52N6O7/c1-26(2)23-31-37(48)41-29(24-27-11-5-4-6-12-27)35(46)39-16-10-20-50-32-14-8-7-13-28(32)34(45)40-30(25-33(44)42(31)3)36(47)38-15-9-17-43-18-21-49-22-19-43/h4-8,11-14,26,29-31H,9-10,15-25H2,1-3H3,(H,38,47)(H,39,46)(H,40,45)(H,41,48)/t29-,30-,31-/m0/s1. The first-order valence-corrected chi connectivity index (χ1v) is 17.6. The van der Waals surface area contributed by atoms with Crippen LogP contribution in [0.2, 0.25) is 0 Å². The Morgan fingerprint density at radius 2 is 1.66 bits per heavy atom. The van der Waals surface area contributed by atoms with E-state index in [1.54, 1.807) is 24.3 Å². The Hall–Kier alpha value is -4.49. The van der Waals surface area contributed by atoms with Crippen molar-refractivity contribution in [2.75, 3.05) is 59.6 Å². The summed E-state index contributed by atoms with van der Waals surface area (Å²) >= 11 is 0. The molecule has 13 nitrogen and oxygen atoms in total. The molecule has 4 rings (SSSR count). The largest absolute Gasteiger partial charge is 0.493 e. The van der Waals surface area contributed by atoms with Crippen molar-refractivity contribution in [2.45, 2.75) is 64.1 Å². The molecule has 5 amide bonds. The number of nitrogens with zero attached hydrogens (tertiary/aromatic N) is 2. The molecular weight excluding hydrogens is 640 g/mol. The summed E-state index contributed by atoms with van der Waals surface area (Å²) in [6.07, 6.45) is 1.33. The van der Waals surface area contributed by atoms with E-state index >= 15 is 0 Å². The lowest BCUT2D eigenvalue weighted by atomic mass is 9.99. The minimum absolute atomic E-state index is 0.0297. The van der Waals surface area contributed by atoms with Gasteiger partial charge in [-0.3, -0.25) is 28.9 Å². The normalized spacial score (nSPS) is 21.9. The van der Waals surface area contributed by atoms with Crippen LogP contribution in [0.5, 0.6) is 5.75 Å². The number of likely N-dealkylation sites (N-methyl/N-ethyl adjacent to an activating group) is 1. The number of carbonyl (C=O) groups excluding carboxylic acids is 5. The first kappa shape index (κ1) is 38.3. The molecule has 0 radical (unpaired) electrons. The van der Waals surface area contributed by atoms with Crippen LogP contribution in [-0.4, -0.2) is 117 Å². The van der Waals surface area contributed by atoms with Gasteiger partial charge in [0.15, 0.2) is 0 Å². The number of rotatable bonds is 9. The number of hydrogen-bond donors (Lipinski definition) is 4. The van der Waals surface area contributed by atoms with Gasteiger partial charge in [-0.1, -0.05) is 56.3 Å². The Morgan fingerprint density at radius 1 is 0.940 bits per heavy atom. The number of morpholine rings is 1. The molecule has 1 saturated heterocycles. The molecule has 2 aliphatic rings. The maximum atomic E-state index is 13.9. The summed E-state index contributed by atoms with van der Waals surface area (Å²) in [5.41, 5.74) is 1.08. The molecule has 272 valence electrons. The fourth-order valence-corrected chi connectivity index (χ4v) is 5.98. The van der Waals surface area contributed by atoms with Crippen LogP contribution in [0.3, 0.4) is 0 Å². The molecule has 0 bridgehead atoms. The molecule has 0 aromatic heterocycles. The van der Waals surface area contributed by atoms with Crippen molar-refractivity contribution in [2.24, 2.45) is 5.92 Å². The minimum atomic E-state index is -1.22. The van der Waals surface area contributed by atoms with Gasteiger partial charge in [-0.2, -0.15) is 0 Å². The lowest BCUT2D eigenvalue weighted by Gasteiger charge is -2.31. The molecule has 2 aromatic carbocycles. The summed E-state index contributed by atoms with van der Waals surface area (Å²) in [5.74, 6) is -2.06. The Balaban J connectivity index is 1.58. The maximum absolute atomic E-state index is 13.9. The van der Waals surface area contributed by atoms with Crippen LogP contribution in [0.15, 0.2) is 54.6 Å².